The Morgan fingerprint density at radius 1 is 0.943 bits per heavy atom. The number of benzene rings is 2. The summed E-state index contributed by atoms with van der Waals surface area (Å²) in [5.74, 6) is 2.14. The van der Waals surface area contributed by atoms with Gasteiger partial charge >= 0.3 is 0 Å². The lowest BCUT2D eigenvalue weighted by Crippen LogP contribution is -2.30. The number of para-hydroxylation sites is 2. The van der Waals surface area contributed by atoms with Crippen molar-refractivity contribution >= 4 is 16.9 Å². The van der Waals surface area contributed by atoms with Crippen molar-refractivity contribution < 1.29 is 14.3 Å². The number of ether oxygens (including phenoxy) is 2. The molecule has 0 bridgehead atoms. The van der Waals surface area contributed by atoms with Crippen LogP contribution in [0.2, 0.25) is 0 Å². The topological polar surface area (TPSA) is 65.4 Å². The van der Waals surface area contributed by atoms with Crippen LogP contribution in [-0.4, -0.2) is 29.7 Å². The zero-order chi connectivity index (χ0) is 25.0. The number of aryl methyl sites for hydroxylation is 1. The second-order valence-electron chi connectivity index (χ2n) is 9.24. The van der Waals surface area contributed by atoms with Crippen LogP contribution in [0.4, 0.5) is 0 Å². The minimum absolute atomic E-state index is 0.0459. The molecule has 3 rings (SSSR count). The van der Waals surface area contributed by atoms with Gasteiger partial charge in [-0.3, -0.25) is 4.79 Å². The molecule has 0 radical (unpaired) electrons. The van der Waals surface area contributed by atoms with Crippen molar-refractivity contribution in [1.82, 2.24) is 14.9 Å². The molecule has 0 aliphatic heterocycles. The molecule has 1 aromatic heterocycles. The summed E-state index contributed by atoms with van der Waals surface area (Å²) in [7, 11) is 3.20. The number of nitrogens with one attached hydrogen (secondary N) is 1. The van der Waals surface area contributed by atoms with E-state index in [-0.39, 0.29) is 18.4 Å². The van der Waals surface area contributed by atoms with Gasteiger partial charge in [0.05, 0.1) is 37.7 Å². The predicted molar refractivity (Wildman–Crippen MR) is 142 cm³/mol. The van der Waals surface area contributed by atoms with Gasteiger partial charge in [-0.25, -0.2) is 4.98 Å². The molecule has 1 N–H and O–H groups in total. The molecule has 0 spiro atoms. The maximum Gasteiger partial charge on any atom is 0.224 e. The van der Waals surface area contributed by atoms with E-state index in [1.807, 2.05) is 37.3 Å². The Balaban J connectivity index is 1.62. The molecule has 2 aromatic carbocycles. The van der Waals surface area contributed by atoms with E-state index >= 15 is 0 Å². The van der Waals surface area contributed by atoms with Crippen molar-refractivity contribution in [3.05, 3.63) is 53.9 Å². The van der Waals surface area contributed by atoms with E-state index in [1.165, 1.54) is 44.9 Å². The molecule has 3 aromatic rings. The van der Waals surface area contributed by atoms with Crippen molar-refractivity contribution in [3.8, 4) is 11.5 Å². The molecule has 1 amide bonds. The van der Waals surface area contributed by atoms with Crippen LogP contribution in [-0.2, 0) is 17.8 Å². The number of amides is 1. The molecule has 0 fully saturated rings. The number of hydrogen-bond donors (Lipinski definition) is 1. The lowest BCUT2D eigenvalue weighted by Gasteiger charge is -2.17. The van der Waals surface area contributed by atoms with Crippen molar-refractivity contribution in [1.29, 1.82) is 0 Å². The maximum absolute atomic E-state index is 12.9. The van der Waals surface area contributed by atoms with Crippen molar-refractivity contribution in [2.45, 2.75) is 84.2 Å². The van der Waals surface area contributed by atoms with Gasteiger partial charge in [0.25, 0.3) is 0 Å². The second kappa shape index (κ2) is 13.8. The molecule has 0 aliphatic rings. The minimum atomic E-state index is -0.191. The summed E-state index contributed by atoms with van der Waals surface area (Å²) in [4.78, 5) is 17.7. The third kappa shape index (κ3) is 7.48. The molecule has 1 atom stereocenters. The van der Waals surface area contributed by atoms with Crippen LogP contribution in [0.5, 0.6) is 11.5 Å². The summed E-state index contributed by atoms with van der Waals surface area (Å²) < 4.78 is 12.9. The minimum Gasteiger partial charge on any atom is -0.493 e. The molecule has 6 heteroatoms. The Morgan fingerprint density at radius 2 is 1.63 bits per heavy atom. The summed E-state index contributed by atoms with van der Waals surface area (Å²) in [5.41, 5.74) is 2.98. The van der Waals surface area contributed by atoms with Crippen LogP contribution < -0.4 is 14.8 Å². The molecule has 6 nitrogen and oxygen atoms in total. The van der Waals surface area contributed by atoms with Crippen molar-refractivity contribution in [2.24, 2.45) is 0 Å². The Labute approximate surface area is 210 Å². The Hall–Kier alpha value is -3.02. The van der Waals surface area contributed by atoms with E-state index in [2.05, 4.69) is 28.9 Å². The Bertz CT molecular complexity index is 1080. The Morgan fingerprint density at radius 3 is 2.34 bits per heavy atom. The van der Waals surface area contributed by atoms with Gasteiger partial charge in [0.1, 0.15) is 5.82 Å². The average molecular weight is 480 g/mol. The van der Waals surface area contributed by atoms with Crippen LogP contribution in [0, 0.1) is 0 Å². The number of methoxy groups -OCH3 is 2. The van der Waals surface area contributed by atoms with Gasteiger partial charge in [0.2, 0.25) is 5.91 Å². The van der Waals surface area contributed by atoms with Gasteiger partial charge in [-0.05, 0) is 43.2 Å². The fourth-order valence-corrected chi connectivity index (χ4v) is 4.60. The molecular weight excluding hydrogens is 438 g/mol. The fourth-order valence-electron chi connectivity index (χ4n) is 4.60. The maximum atomic E-state index is 12.9. The van der Waals surface area contributed by atoms with Gasteiger partial charge < -0.3 is 19.4 Å². The first-order chi connectivity index (χ1) is 17.1. The third-order valence-electron chi connectivity index (χ3n) is 6.50. The first-order valence-corrected chi connectivity index (χ1v) is 13.0. The second-order valence-corrected chi connectivity index (χ2v) is 9.24. The quantitative estimate of drug-likeness (QED) is 0.249. The summed E-state index contributed by atoms with van der Waals surface area (Å²) in [6.07, 6.45) is 10.5. The summed E-state index contributed by atoms with van der Waals surface area (Å²) in [6, 6.07) is 13.6. The monoisotopic (exact) mass is 479 g/mol. The van der Waals surface area contributed by atoms with Crippen molar-refractivity contribution in [3.63, 3.8) is 0 Å². The van der Waals surface area contributed by atoms with Gasteiger partial charge in [0.15, 0.2) is 11.5 Å². The highest BCUT2D eigenvalue weighted by Crippen LogP contribution is 2.28. The highest BCUT2D eigenvalue weighted by atomic mass is 16.5. The fraction of sp³-hybridized carbons (Fsp3) is 0.517. The highest BCUT2D eigenvalue weighted by Gasteiger charge is 2.19. The van der Waals surface area contributed by atoms with Crippen LogP contribution >= 0.6 is 0 Å². The number of nitrogens with zero attached hydrogens (tertiary/aromatic N) is 2. The number of unbranched alkanes of at least 4 members (excludes halogenated alkanes) is 7. The first kappa shape index (κ1) is 26.6. The highest BCUT2D eigenvalue weighted by molar-refractivity contribution is 5.80. The van der Waals surface area contributed by atoms with Gasteiger partial charge in [-0.2, -0.15) is 0 Å². The van der Waals surface area contributed by atoms with E-state index in [0.717, 1.165) is 35.4 Å². The number of aromatic nitrogens is 2. The standard InChI is InChI=1S/C29H41N3O3/c1-5-6-7-8-9-10-11-14-19-32-25-16-13-12-15-24(25)31-29(32)22(2)30-28(33)21-23-17-18-26(34-3)27(20-23)35-4/h12-13,15-18,20,22H,5-11,14,19,21H2,1-4H3,(H,30,33). The molecule has 0 saturated heterocycles. The van der Waals surface area contributed by atoms with Gasteiger partial charge in [-0.15, -0.1) is 0 Å². The summed E-state index contributed by atoms with van der Waals surface area (Å²) in [5, 5.41) is 3.15. The number of fused-ring (bicyclic) bond motifs is 1. The number of hydrogen-bond acceptors (Lipinski definition) is 4. The lowest BCUT2D eigenvalue weighted by molar-refractivity contribution is -0.121. The smallest absolute Gasteiger partial charge is 0.224 e. The first-order valence-electron chi connectivity index (χ1n) is 13.0. The molecule has 1 unspecified atom stereocenters. The summed E-state index contributed by atoms with van der Waals surface area (Å²) >= 11 is 0. The molecule has 0 saturated carbocycles. The molecule has 1 heterocycles. The van der Waals surface area contributed by atoms with E-state index < -0.39 is 0 Å². The van der Waals surface area contributed by atoms with E-state index in [1.54, 1.807) is 14.2 Å². The van der Waals surface area contributed by atoms with E-state index in [4.69, 9.17) is 14.5 Å². The van der Waals surface area contributed by atoms with Crippen LogP contribution in [0.1, 0.15) is 82.6 Å². The van der Waals surface area contributed by atoms with Gasteiger partial charge in [0, 0.05) is 6.54 Å². The normalized spacial score (nSPS) is 12.0. The average Bonchev–Trinajstić information content (AvgIpc) is 3.24. The number of carbonyl (C=O) groups is 1. The zero-order valence-corrected chi connectivity index (χ0v) is 21.8. The SMILES string of the molecule is CCCCCCCCCCn1c(C(C)NC(=O)Cc2ccc(OC)c(OC)c2)nc2ccccc21. The molecular formula is C29H41N3O3. The molecule has 190 valence electrons. The Kier molecular flexibility index (Phi) is 10.5. The molecule has 0 aliphatic carbocycles. The van der Waals surface area contributed by atoms with Crippen LogP contribution in [0.3, 0.4) is 0 Å². The predicted octanol–water partition coefficient (Wildman–Crippen LogP) is 6.61. The van der Waals surface area contributed by atoms with Crippen molar-refractivity contribution in [2.75, 3.05) is 14.2 Å². The molecule has 35 heavy (non-hydrogen) atoms. The summed E-state index contributed by atoms with van der Waals surface area (Å²) in [6.45, 7) is 5.19. The lowest BCUT2D eigenvalue weighted by atomic mass is 10.1. The van der Waals surface area contributed by atoms with Crippen LogP contribution in [0.15, 0.2) is 42.5 Å². The van der Waals surface area contributed by atoms with E-state index in [9.17, 15) is 4.79 Å². The largest absolute Gasteiger partial charge is 0.493 e. The number of imidazole rings is 1. The number of carbonyl (C=O) groups excluding carboxylic acids is 1. The zero-order valence-electron chi connectivity index (χ0n) is 21.8. The third-order valence-corrected chi connectivity index (χ3v) is 6.50. The number of rotatable bonds is 15. The van der Waals surface area contributed by atoms with Crippen LogP contribution in [0.25, 0.3) is 11.0 Å². The van der Waals surface area contributed by atoms with Gasteiger partial charge in [-0.1, -0.05) is 70.1 Å². The van der Waals surface area contributed by atoms with E-state index in [0.29, 0.717) is 11.5 Å².